The van der Waals surface area contributed by atoms with Crippen LogP contribution in [0.15, 0.2) is 0 Å². The van der Waals surface area contributed by atoms with Gasteiger partial charge in [0.2, 0.25) is 0 Å². The van der Waals surface area contributed by atoms with Gasteiger partial charge in [-0.1, -0.05) is 6.92 Å². The number of hydrogen-bond acceptors (Lipinski definition) is 3. The SMILES string of the molecule is CC1(CN2CCOC3CC32)COC1. The molecule has 3 rings (SSSR count). The van der Waals surface area contributed by atoms with Crippen LogP contribution in [0.1, 0.15) is 13.3 Å². The molecule has 2 aliphatic heterocycles. The van der Waals surface area contributed by atoms with Gasteiger partial charge in [-0.2, -0.15) is 0 Å². The zero-order valence-corrected chi connectivity index (χ0v) is 8.16. The van der Waals surface area contributed by atoms with Gasteiger partial charge in [0.05, 0.1) is 25.9 Å². The predicted molar refractivity (Wildman–Crippen MR) is 48.6 cm³/mol. The summed E-state index contributed by atoms with van der Waals surface area (Å²) in [5, 5.41) is 0. The quantitative estimate of drug-likeness (QED) is 0.622. The predicted octanol–water partition coefficient (Wildman–Crippen LogP) is 0.496. The second-order valence-corrected chi connectivity index (χ2v) is 4.99. The molecule has 13 heavy (non-hydrogen) atoms. The molecule has 0 aromatic rings. The molecule has 2 heterocycles. The first-order valence-electron chi connectivity index (χ1n) is 5.20. The van der Waals surface area contributed by atoms with Crippen LogP contribution in [0.3, 0.4) is 0 Å². The Kier molecular flexibility index (Phi) is 1.70. The largest absolute Gasteiger partial charge is 0.380 e. The molecule has 3 heteroatoms. The van der Waals surface area contributed by atoms with Gasteiger partial charge in [0.1, 0.15) is 0 Å². The third-order valence-electron chi connectivity index (χ3n) is 3.37. The highest BCUT2D eigenvalue weighted by atomic mass is 16.5. The molecular weight excluding hydrogens is 166 g/mol. The molecule has 0 N–H and O–H groups in total. The van der Waals surface area contributed by atoms with E-state index in [1.54, 1.807) is 0 Å². The molecule has 2 atom stereocenters. The van der Waals surface area contributed by atoms with Crippen molar-refractivity contribution in [3.8, 4) is 0 Å². The lowest BCUT2D eigenvalue weighted by molar-refractivity contribution is -0.123. The maximum absolute atomic E-state index is 5.58. The van der Waals surface area contributed by atoms with Gasteiger partial charge in [-0.15, -0.1) is 0 Å². The first-order valence-corrected chi connectivity index (χ1v) is 5.20. The summed E-state index contributed by atoms with van der Waals surface area (Å²) in [5.41, 5.74) is 0.435. The fraction of sp³-hybridized carbons (Fsp3) is 1.00. The molecular formula is C10H17NO2. The highest BCUT2D eigenvalue weighted by molar-refractivity contribution is 5.01. The minimum atomic E-state index is 0.435. The van der Waals surface area contributed by atoms with Crippen molar-refractivity contribution < 1.29 is 9.47 Å². The van der Waals surface area contributed by atoms with Crippen molar-refractivity contribution in [3.63, 3.8) is 0 Å². The zero-order chi connectivity index (χ0) is 8.89. The molecule has 1 aliphatic carbocycles. The molecule has 2 saturated heterocycles. The van der Waals surface area contributed by atoms with E-state index < -0.39 is 0 Å². The molecule has 0 bridgehead atoms. The minimum absolute atomic E-state index is 0.435. The average molecular weight is 183 g/mol. The number of hydrogen-bond donors (Lipinski definition) is 0. The van der Waals surface area contributed by atoms with Gasteiger partial charge < -0.3 is 9.47 Å². The van der Waals surface area contributed by atoms with Gasteiger partial charge >= 0.3 is 0 Å². The fourth-order valence-electron chi connectivity index (χ4n) is 2.44. The van der Waals surface area contributed by atoms with Crippen molar-refractivity contribution in [3.05, 3.63) is 0 Å². The summed E-state index contributed by atoms with van der Waals surface area (Å²) in [5.74, 6) is 0. The summed E-state index contributed by atoms with van der Waals surface area (Å²) in [6.07, 6.45) is 1.83. The Hall–Kier alpha value is -0.120. The van der Waals surface area contributed by atoms with Crippen LogP contribution in [0.2, 0.25) is 0 Å². The lowest BCUT2D eigenvalue weighted by Crippen LogP contribution is -2.51. The molecule has 2 unspecified atom stereocenters. The van der Waals surface area contributed by atoms with Gasteiger partial charge in [0, 0.05) is 24.5 Å². The Labute approximate surface area is 79.0 Å². The van der Waals surface area contributed by atoms with E-state index in [0.29, 0.717) is 11.5 Å². The Balaban J connectivity index is 1.59. The van der Waals surface area contributed by atoms with Crippen LogP contribution in [-0.4, -0.2) is 50.0 Å². The molecule has 0 aromatic carbocycles. The smallest absolute Gasteiger partial charge is 0.0747 e. The Bertz CT molecular complexity index is 215. The summed E-state index contributed by atoms with van der Waals surface area (Å²) >= 11 is 0. The lowest BCUT2D eigenvalue weighted by atomic mass is 9.88. The van der Waals surface area contributed by atoms with E-state index >= 15 is 0 Å². The van der Waals surface area contributed by atoms with Gasteiger partial charge in [-0.05, 0) is 6.42 Å². The molecule has 74 valence electrons. The summed E-state index contributed by atoms with van der Waals surface area (Å²) in [4.78, 5) is 2.59. The standard InChI is InChI=1S/C10H17NO2/c1-10(6-12-7-10)5-11-2-3-13-9-4-8(9)11/h8-9H,2-7H2,1H3. The van der Waals surface area contributed by atoms with Crippen molar-refractivity contribution in [2.24, 2.45) is 5.41 Å². The molecule has 3 nitrogen and oxygen atoms in total. The van der Waals surface area contributed by atoms with Gasteiger partial charge in [-0.3, -0.25) is 4.90 Å². The van der Waals surface area contributed by atoms with Crippen LogP contribution in [0.25, 0.3) is 0 Å². The van der Waals surface area contributed by atoms with E-state index in [4.69, 9.17) is 9.47 Å². The second-order valence-electron chi connectivity index (χ2n) is 4.99. The van der Waals surface area contributed by atoms with Crippen LogP contribution >= 0.6 is 0 Å². The van der Waals surface area contributed by atoms with Gasteiger partial charge in [-0.25, -0.2) is 0 Å². The fourth-order valence-corrected chi connectivity index (χ4v) is 2.44. The summed E-state index contributed by atoms with van der Waals surface area (Å²) < 4.78 is 10.8. The third kappa shape index (κ3) is 1.39. The second kappa shape index (κ2) is 2.69. The minimum Gasteiger partial charge on any atom is -0.380 e. The van der Waals surface area contributed by atoms with E-state index in [-0.39, 0.29) is 0 Å². The van der Waals surface area contributed by atoms with Crippen LogP contribution in [-0.2, 0) is 9.47 Å². The highest BCUT2D eigenvalue weighted by Crippen LogP contribution is 2.37. The number of morpholine rings is 1. The number of rotatable bonds is 2. The number of fused-ring (bicyclic) bond motifs is 1. The van der Waals surface area contributed by atoms with Crippen LogP contribution in [0.5, 0.6) is 0 Å². The Morgan fingerprint density at radius 2 is 2.31 bits per heavy atom. The van der Waals surface area contributed by atoms with Crippen LogP contribution in [0, 0.1) is 5.41 Å². The molecule has 0 aromatic heterocycles. The number of ether oxygens (including phenoxy) is 2. The Morgan fingerprint density at radius 3 is 3.00 bits per heavy atom. The van der Waals surface area contributed by atoms with E-state index in [0.717, 1.165) is 32.4 Å². The normalized spacial score (nSPS) is 42.2. The van der Waals surface area contributed by atoms with Gasteiger partial charge in [0.15, 0.2) is 0 Å². The van der Waals surface area contributed by atoms with E-state index in [1.165, 1.54) is 13.0 Å². The monoisotopic (exact) mass is 183 g/mol. The molecule has 0 radical (unpaired) electrons. The Morgan fingerprint density at radius 1 is 1.46 bits per heavy atom. The first kappa shape index (κ1) is 8.21. The average Bonchev–Trinajstić information content (AvgIpc) is 2.81. The van der Waals surface area contributed by atoms with Crippen molar-refractivity contribution in [1.29, 1.82) is 0 Å². The number of nitrogens with zero attached hydrogens (tertiary/aromatic N) is 1. The molecule has 0 amide bonds. The topological polar surface area (TPSA) is 21.7 Å². The first-order chi connectivity index (χ1) is 6.27. The van der Waals surface area contributed by atoms with Gasteiger partial charge in [0.25, 0.3) is 0 Å². The lowest BCUT2D eigenvalue weighted by Gasteiger charge is -2.42. The van der Waals surface area contributed by atoms with Crippen molar-refractivity contribution >= 4 is 0 Å². The van der Waals surface area contributed by atoms with Crippen LogP contribution < -0.4 is 0 Å². The van der Waals surface area contributed by atoms with Crippen molar-refractivity contribution in [2.45, 2.75) is 25.5 Å². The summed E-state index contributed by atoms with van der Waals surface area (Å²) in [6, 6.07) is 0.742. The molecule has 3 fully saturated rings. The highest BCUT2D eigenvalue weighted by Gasteiger charge is 2.48. The molecule has 3 aliphatic rings. The maximum atomic E-state index is 5.58. The zero-order valence-electron chi connectivity index (χ0n) is 8.16. The summed E-state index contributed by atoms with van der Waals surface area (Å²) in [7, 11) is 0. The van der Waals surface area contributed by atoms with Crippen molar-refractivity contribution in [1.82, 2.24) is 4.90 Å². The van der Waals surface area contributed by atoms with E-state index in [1.807, 2.05) is 0 Å². The van der Waals surface area contributed by atoms with Crippen LogP contribution in [0.4, 0.5) is 0 Å². The third-order valence-corrected chi connectivity index (χ3v) is 3.37. The van der Waals surface area contributed by atoms with Crippen molar-refractivity contribution in [2.75, 3.05) is 32.9 Å². The molecule has 0 spiro atoms. The maximum Gasteiger partial charge on any atom is 0.0747 e. The summed E-state index contributed by atoms with van der Waals surface area (Å²) in [6.45, 7) is 7.47. The van der Waals surface area contributed by atoms with E-state index in [2.05, 4.69) is 11.8 Å². The van der Waals surface area contributed by atoms with E-state index in [9.17, 15) is 0 Å². The molecule has 1 saturated carbocycles.